The molecule has 1 aliphatic heterocycles. The molecule has 9 nitrogen and oxygen atoms in total. The monoisotopic (exact) mass is 318 g/mol. The Labute approximate surface area is 122 Å². The van der Waals surface area contributed by atoms with Crippen LogP contribution in [-0.4, -0.2) is 53.7 Å². The summed E-state index contributed by atoms with van der Waals surface area (Å²) < 4.78 is 20.9. The lowest BCUT2D eigenvalue weighted by Crippen LogP contribution is -2.38. The van der Waals surface area contributed by atoms with E-state index in [4.69, 9.17) is 32.9 Å². The van der Waals surface area contributed by atoms with Crippen molar-refractivity contribution in [1.82, 2.24) is 19.5 Å². The van der Waals surface area contributed by atoms with E-state index in [9.17, 15) is 9.50 Å². The topological polar surface area (TPSA) is 145 Å². The van der Waals surface area contributed by atoms with E-state index in [0.717, 1.165) is 4.57 Å². The van der Waals surface area contributed by atoms with Crippen LogP contribution in [-0.2, 0) is 4.74 Å². The van der Waals surface area contributed by atoms with Gasteiger partial charge in [0.15, 0.2) is 17.7 Å². The molecule has 11 heteroatoms. The SMILES string of the molecule is Nc1nc(N)c2ncn([C@@H]3O[C@H](CO)[C@@H](O)[C@]3(F)Cl)c2n1. The Balaban J connectivity index is 2.13. The highest BCUT2D eigenvalue weighted by Crippen LogP contribution is 2.45. The fourth-order valence-electron chi connectivity index (χ4n) is 2.25. The summed E-state index contributed by atoms with van der Waals surface area (Å²) in [6.07, 6.45) is -3.15. The Morgan fingerprint density at radius 1 is 1.48 bits per heavy atom. The number of aromatic nitrogens is 4. The lowest BCUT2D eigenvalue weighted by Gasteiger charge is -2.22. The second-order valence-electron chi connectivity index (χ2n) is 4.62. The minimum absolute atomic E-state index is 0.0209. The lowest BCUT2D eigenvalue weighted by atomic mass is 10.1. The van der Waals surface area contributed by atoms with Gasteiger partial charge in [-0.25, -0.2) is 9.37 Å². The largest absolute Gasteiger partial charge is 0.394 e. The first-order valence-electron chi connectivity index (χ1n) is 5.94. The Hall–Kier alpha value is -1.75. The van der Waals surface area contributed by atoms with Gasteiger partial charge in [-0.05, 0) is 0 Å². The number of nitrogen functional groups attached to an aromatic ring is 2. The quantitative estimate of drug-likeness (QED) is 0.524. The predicted octanol–water partition coefficient (Wildman–Crippen LogP) is -0.854. The normalized spacial score (nSPS) is 32.9. The number of aliphatic hydroxyl groups excluding tert-OH is 2. The van der Waals surface area contributed by atoms with Gasteiger partial charge in [0.25, 0.3) is 5.13 Å². The maximum Gasteiger partial charge on any atom is 0.256 e. The Morgan fingerprint density at radius 2 is 2.19 bits per heavy atom. The van der Waals surface area contributed by atoms with Gasteiger partial charge in [-0.2, -0.15) is 9.97 Å². The molecule has 0 aromatic carbocycles. The fraction of sp³-hybridized carbons (Fsp3) is 0.500. The molecule has 6 N–H and O–H groups in total. The van der Waals surface area contributed by atoms with Crippen LogP contribution < -0.4 is 11.5 Å². The number of aliphatic hydroxyl groups is 2. The standard InChI is InChI=1S/C10H12ClFN6O3/c11-10(12)5(20)3(1-19)21-8(10)18-2-15-4-6(13)16-9(14)17-7(4)18/h2-3,5,8,19-20H,1H2,(H4,13,14,16,17)/t3-,5-,8-,10-/m1/s1. The van der Waals surface area contributed by atoms with Gasteiger partial charge in [-0.1, -0.05) is 11.6 Å². The molecular formula is C10H12ClFN6O3. The number of nitrogens with two attached hydrogens (primary N) is 2. The van der Waals surface area contributed by atoms with Gasteiger partial charge in [0.1, 0.15) is 17.7 Å². The van der Waals surface area contributed by atoms with Gasteiger partial charge in [-0.3, -0.25) is 4.57 Å². The molecule has 0 unspecified atom stereocenters. The third-order valence-corrected chi connectivity index (χ3v) is 3.69. The molecule has 1 saturated heterocycles. The predicted molar refractivity (Wildman–Crippen MR) is 70.8 cm³/mol. The van der Waals surface area contributed by atoms with E-state index in [-0.39, 0.29) is 22.9 Å². The van der Waals surface area contributed by atoms with Crippen LogP contribution in [0.4, 0.5) is 16.2 Å². The number of rotatable bonds is 2. The van der Waals surface area contributed by atoms with Crippen LogP contribution in [0.25, 0.3) is 11.2 Å². The molecule has 0 saturated carbocycles. The van der Waals surface area contributed by atoms with Crippen molar-refractivity contribution in [3.8, 4) is 0 Å². The minimum Gasteiger partial charge on any atom is -0.394 e. The van der Waals surface area contributed by atoms with Crippen molar-refractivity contribution in [3.05, 3.63) is 6.33 Å². The van der Waals surface area contributed by atoms with Gasteiger partial charge >= 0.3 is 0 Å². The molecule has 0 radical (unpaired) electrons. The Morgan fingerprint density at radius 3 is 2.81 bits per heavy atom. The summed E-state index contributed by atoms with van der Waals surface area (Å²) in [5.74, 6) is -0.106. The first-order chi connectivity index (χ1) is 9.86. The number of imidazole rings is 1. The first kappa shape index (κ1) is 14.2. The molecule has 114 valence electrons. The van der Waals surface area contributed by atoms with Crippen molar-refractivity contribution in [3.63, 3.8) is 0 Å². The summed E-state index contributed by atoms with van der Waals surface area (Å²) in [5, 5.41) is 16.2. The Kier molecular flexibility index (Phi) is 3.13. The zero-order chi connectivity index (χ0) is 15.4. The highest BCUT2D eigenvalue weighted by Gasteiger charge is 2.57. The zero-order valence-electron chi connectivity index (χ0n) is 10.5. The number of hydrogen-bond acceptors (Lipinski definition) is 8. The minimum atomic E-state index is -2.67. The van der Waals surface area contributed by atoms with Crippen LogP contribution in [0.5, 0.6) is 0 Å². The van der Waals surface area contributed by atoms with E-state index in [1.54, 1.807) is 0 Å². The highest BCUT2D eigenvalue weighted by molar-refractivity contribution is 6.23. The summed E-state index contributed by atoms with van der Waals surface area (Å²) in [7, 11) is 0. The average molecular weight is 319 g/mol. The molecule has 2 aromatic rings. The molecule has 0 amide bonds. The van der Waals surface area contributed by atoms with Gasteiger partial charge in [0.05, 0.1) is 12.9 Å². The summed E-state index contributed by atoms with van der Waals surface area (Å²) in [5.41, 5.74) is 11.5. The molecule has 1 aliphatic rings. The summed E-state index contributed by atoms with van der Waals surface area (Å²) in [6.45, 7) is -0.595. The maximum absolute atomic E-state index is 14.5. The van der Waals surface area contributed by atoms with Crippen LogP contribution in [0.1, 0.15) is 6.23 Å². The maximum atomic E-state index is 14.5. The molecule has 21 heavy (non-hydrogen) atoms. The molecule has 1 fully saturated rings. The lowest BCUT2D eigenvalue weighted by molar-refractivity contribution is -0.0482. The van der Waals surface area contributed by atoms with Crippen LogP contribution in [0.3, 0.4) is 0 Å². The third kappa shape index (κ3) is 1.99. The zero-order valence-corrected chi connectivity index (χ0v) is 11.3. The highest BCUT2D eigenvalue weighted by atomic mass is 35.5. The van der Waals surface area contributed by atoms with Crippen molar-refractivity contribution in [2.45, 2.75) is 23.6 Å². The molecule has 0 spiro atoms. The van der Waals surface area contributed by atoms with E-state index in [1.165, 1.54) is 6.33 Å². The number of fused-ring (bicyclic) bond motifs is 1. The van der Waals surface area contributed by atoms with E-state index >= 15 is 0 Å². The van der Waals surface area contributed by atoms with Crippen molar-refractivity contribution in [1.29, 1.82) is 0 Å². The molecule has 2 aromatic heterocycles. The molecule has 4 atom stereocenters. The van der Waals surface area contributed by atoms with Crippen LogP contribution in [0.15, 0.2) is 6.33 Å². The number of alkyl halides is 2. The third-order valence-electron chi connectivity index (χ3n) is 3.28. The van der Waals surface area contributed by atoms with E-state index in [2.05, 4.69) is 15.0 Å². The van der Waals surface area contributed by atoms with E-state index in [1.807, 2.05) is 0 Å². The number of anilines is 2. The Bertz CT molecular complexity index is 695. The number of hydrogen-bond donors (Lipinski definition) is 4. The number of halogens is 2. The van der Waals surface area contributed by atoms with Crippen LogP contribution in [0.2, 0.25) is 0 Å². The van der Waals surface area contributed by atoms with Crippen LogP contribution >= 0.6 is 11.6 Å². The van der Waals surface area contributed by atoms with Crippen molar-refractivity contribution in [2.24, 2.45) is 0 Å². The average Bonchev–Trinajstić information content (AvgIpc) is 2.91. The van der Waals surface area contributed by atoms with Crippen LogP contribution in [0, 0.1) is 0 Å². The summed E-state index contributed by atoms with van der Waals surface area (Å²) >= 11 is 5.72. The van der Waals surface area contributed by atoms with Gasteiger partial charge in [-0.15, -0.1) is 0 Å². The second-order valence-corrected chi connectivity index (χ2v) is 5.20. The van der Waals surface area contributed by atoms with Gasteiger partial charge in [0.2, 0.25) is 5.95 Å². The second kappa shape index (κ2) is 4.63. The van der Waals surface area contributed by atoms with Crippen molar-refractivity contribution >= 4 is 34.5 Å². The van der Waals surface area contributed by atoms with Gasteiger partial charge in [0, 0.05) is 0 Å². The van der Waals surface area contributed by atoms with E-state index in [0.29, 0.717) is 0 Å². The van der Waals surface area contributed by atoms with Crippen molar-refractivity contribution < 1.29 is 19.3 Å². The van der Waals surface area contributed by atoms with Crippen molar-refractivity contribution in [2.75, 3.05) is 18.1 Å². The molecule has 3 heterocycles. The smallest absolute Gasteiger partial charge is 0.256 e. The summed E-state index contributed by atoms with van der Waals surface area (Å²) in [4.78, 5) is 11.6. The molecule has 0 aliphatic carbocycles. The first-order valence-corrected chi connectivity index (χ1v) is 6.31. The van der Waals surface area contributed by atoms with E-state index < -0.39 is 30.2 Å². The number of ether oxygens (including phenoxy) is 1. The molecule has 0 bridgehead atoms. The fourth-order valence-corrected chi connectivity index (χ4v) is 2.54. The van der Waals surface area contributed by atoms with Gasteiger partial charge < -0.3 is 26.4 Å². The summed E-state index contributed by atoms with van der Waals surface area (Å²) in [6, 6.07) is 0. The number of nitrogens with zero attached hydrogens (tertiary/aromatic N) is 4. The molecule has 3 rings (SSSR count). The molecular weight excluding hydrogens is 307 g/mol.